The van der Waals surface area contributed by atoms with Crippen LogP contribution < -0.4 is 0 Å². The number of benzene rings is 1. The minimum absolute atomic E-state index is 0.102. The van der Waals surface area contributed by atoms with Gasteiger partial charge in [0.15, 0.2) is 0 Å². The van der Waals surface area contributed by atoms with E-state index in [2.05, 4.69) is 22.6 Å². The van der Waals surface area contributed by atoms with Gasteiger partial charge < -0.3 is 19.7 Å². The lowest BCUT2D eigenvalue weighted by atomic mass is 10.1. The summed E-state index contributed by atoms with van der Waals surface area (Å²) in [6.07, 6.45) is -0.934. The Morgan fingerprint density at radius 1 is 0.950 bits per heavy atom. The van der Waals surface area contributed by atoms with Crippen LogP contribution in [-0.4, -0.2) is 34.7 Å². The van der Waals surface area contributed by atoms with Crippen LogP contribution in [-0.2, 0) is 9.47 Å². The molecule has 1 rings (SSSR count). The number of aliphatic hydroxyl groups is 2. The van der Waals surface area contributed by atoms with Gasteiger partial charge in [-0.2, -0.15) is 0 Å². The maximum Gasteiger partial charge on any atom is 0.341 e. The highest BCUT2D eigenvalue weighted by Gasteiger charge is 2.21. The fourth-order valence-corrected chi connectivity index (χ4v) is 1.28. The summed E-state index contributed by atoms with van der Waals surface area (Å²) in [5, 5.41) is 18.3. The SMILES string of the molecule is C=CC(O)OC(=O)c1ccccc1C(=O)OC(O)C=C. The standard InChI is InChI=1S/C14H14O6/c1-3-11(15)19-13(17)9-7-5-6-8-10(9)14(18)20-12(16)4-2/h3-8,11-12,15-16H,1-2H2. The molecule has 2 atom stereocenters. The van der Waals surface area contributed by atoms with E-state index >= 15 is 0 Å². The van der Waals surface area contributed by atoms with Gasteiger partial charge in [0.25, 0.3) is 0 Å². The molecule has 0 aliphatic rings. The minimum atomic E-state index is -1.48. The first-order valence-electron chi connectivity index (χ1n) is 5.61. The number of hydrogen-bond acceptors (Lipinski definition) is 6. The van der Waals surface area contributed by atoms with E-state index in [0.717, 1.165) is 12.2 Å². The lowest BCUT2D eigenvalue weighted by Gasteiger charge is -2.12. The summed E-state index contributed by atoms with van der Waals surface area (Å²) < 4.78 is 9.23. The number of rotatable bonds is 6. The van der Waals surface area contributed by atoms with E-state index < -0.39 is 24.5 Å². The van der Waals surface area contributed by atoms with Gasteiger partial charge in [0.2, 0.25) is 12.6 Å². The molecule has 0 heterocycles. The third kappa shape index (κ3) is 4.04. The second kappa shape index (κ2) is 7.22. The Labute approximate surface area is 115 Å². The molecule has 6 heteroatoms. The number of hydrogen-bond donors (Lipinski definition) is 2. The summed E-state index contributed by atoms with van der Waals surface area (Å²) in [6.45, 7) is 6.50. The topological polar surface area (TPSA) is 93.1 Å². The van der Waals surface area contributed by atoms with Crippen molar-refractivity contribution in [3.8, 4) is 0 Å². The fourth-order valence-electron chi connectivity index (χ4n) is 1.28. The third-order valence-electron chi connectivity index (χ3n) is 2.23. The molecule has 20 heavy (non-hydrogen) atoms. The molecule has 106 valence electrons. The predicted molar refractivity (Wildman–Crippen MR) is 69.7 cm³/mol. The van der Waals surface area contributed by atoms with Crippen molar-refractivity contribution in [3.05, 3.63) is 60.7 Å². The Kier molecular flexibility index (Phi) is 5.64. The smallest absolute Gasteiger partial charge is 0.341 e. The molecular weight excluding hydrogens is 264 g/mol. The van der Waals surface area contributed by atoms with Crippen molar-refractivity contribution >= 4 is 11.9 Å². The van der Waals surface area contributed by atoms with Crippen molar-refractivity contribution in [3.63, 3.8) is 0 Å². The maximum absolute atomic E-state index is 11.8. The van der Waals surface area contributed by atoms with Crippen LogP contribution >= 0.6 is 0 Å². The van der Waals surface area contributed by atoms with Gasteiger partial charge in [-0.1, -0.05) is 25.3 Å². The Morgan fingerprint density at radius 3 is 1.60 bits per heavy atom. The molecule has 0 saturated heterocycles. The van der Waals surface area contributed by atoms with Crippen LogP contribution in [0.3, 0.4) is 0 Å². The van der Waals surface area contributed by atoms with Gasteiger partial charge >= 0.3 is 11.9 Å². The summed E-state index contributed by atoms with van der Waals surface area (Å²) >= 11 is 0. The quantitative estimate of drug-likeness (QED) is 0.458. The molecule has 2 unspecified atom stereocenters. The van der Waals surface area contributed by atoms with Crippen molar-refractivity contribution in [2.45, 2.75) is 12.6 Å². The first-order chi connectivity index (χ1) is 9.49. The molecule has 0 bridgehead atoms. The first kappa shape index (κ1) is 15.6. The highest BCUT2D eigenvalue weighted by atomic mass is 16.6. The zero-order valence-electron chi connectivity index (χ0n) is 10.6. The molecule has 1 aromatic carbocycles. The van der Waals surface area contributed by atoms with Gasteiger partial charge in [-0.15, -0.1) is 0 Å². The van der Waals surface area contributed by atoms with Gasteiger partial charge in [0, 0.05) is 0 Å². The van der Waals surface area contributed by atoms with E-state index in [1.165, 1.54) is 24.3 Å². The third-order valence-corrected chi connectivity index (χ3v) is 2.23. The van der Waals surface area contributed by atoms with Gasteiger partial charge in [0.05, 0.1) is 11.1 Å². The number of ether oxygens (including phenoxy) is 2. The van der Waals surface area contributed by atoms with E-state index in [0.29, 0.717) is 0 Å². The predicted octanol–water partition coefficient (Wildman–Crippen LogP) is 1.01. The summed E-state index contributed by atoms with van der Waals surface area (Å²) in [7, 11) is 0. The van der Waals surface area contributed by atoms with Crippen LogP contribution in [0.4, 0.5) is 0 Å². The van der Waals surface area contributed by atoms with Crippen LogP contribution in [0, 0.1) is 0 Å². The average molecular weight is 278 g/mol. The Balaban J connectivity index is 2.98. The average Bonchev–Trinajstić information content (AvgIpc) is 2.46. The van der Waals surface area contributed by atoms with Gasteiger partial charge in [0.1, 0.15) is 0 Å². The van der Waals surface area contributed by atoms with Gasteiger partial charge in [-0.3, -0.25) is 0 Å². The van der Waals surface area contributed by atoms with Crippen molar-refractivity contribution in [1.29, 1.82) is 0 Å². The molecular formula is C14H14O6. The largest absolute Gasteiger partial charge is 0.429 e. The zero-order valence-corrected chi connectivity index (χ0v) is 10.6. The van der Waals surface area contributed by atoms with Crippen LogP contribution in [0.25, 0.3) is 0 Å². The van der Waals surface area contributed by atoms with E-state index in [1.54, 1.807) is 0 Å². The second-order valence-corrected chi connectivity index (χ2v) is 3.61. The zero-order chi connectivity index (χ0) is 15.1. The van der Waals surface area contributed by atoms with Crippen molar-refractivity contribution in [2.75, 3.05) is 0 Å². The molecule has 0 aliphatic heterocycles. The molecule has 0 aromatic heterocycles. The molecule has 0 saturated carbocycles. The fraction of sp³-hybridized carbons (Fsp3) is 0.143. The highest BCUT2D eigenvalue weighted by molar-refractivity contribution is 6.03. The molecule has 0 radical (unpaired) electrons. The normalized spacial score (nSPS) is 12.9. The highest BCUT2D eigenvalue weighted by Crippen LogP contribution is 2.13. The molecule has 1 aromatic rings. The number of aliphatic hydroxyl groups excluding tert-OH is 2. The summed E-state index contributed by atoms with van der Waals surface area (Å²) in [5.74, 6) is -1.84. The van der Waals surface area contributed by atoms with Gasteiger partial charge in [-0.05, 0) is 24.3 Å². The van der Waals surface area contributed by atoms with Crippen LogP contribution in [0.15, 0.2) is 49.6 Å². The van der Waals surface area contributed by atoms with E-state index in [9.17, 15) is 19.8 Å². The Hall–Kier alpha value is -2.44. The first-order valence-corrected chi connectivity index (χ1v) is 5.61. The molecule has 6 nitrogen and oxygen atoms in total. The summed E-state index contributed by atoms with van der Waals surface area (Å²) in [6, 6.07) is 5.68. The summed E-state index contributed by atoms with van der Waals surface area (Å²) in [5.41, 5.74) is -0.204. The number of carbonyl (C=O) groups excluding carboxylic acids is 2. The molecule has 0 aliphatic carbocycles. The van der Waals surface area contributed by atoms with E-state index in [1.807, 2.05) is 0 Å². The molecule has 0 amide bonds. The lowest BCUT2D eigenvalue weighted by Crippen LogP contribution is -2.21. The van der Waals surface area contributed by atoms with Crippen molar-refractivity contribution < 1.29 is 29.3 Å². The van der Waals surface area contributed by atoms with Crippen LogP contribution in [0.1, 0.15) is 20.7 Å². The van der Waals surface area contributed by atoms with Crippen molar-refractivity contribution in [2.24, 2.45) is 0 Å². The van der Waals surface area contributed by atoms with Gasteiger partial charge in [-0.25, -0.2) is 9.59 Å². The van der Waals surface area contributed by atoms with E-state index in [-0.39, 0.29) is 11.1 Å². The number of esters is 2. The second-order valence-electron chi connectivity index (χ2n) is 3.61. The maximum atomic E-state index is 11.8. The molecule has 0 spiro atoms. The Bertz CT molecular complexity index is 475. The molecule has 2 N–H and O–H groups in total. The van der Waals surface area contributed by atoms with Crippen LogP contribution in [0.2, 0.25) is 0 Å². The number of carbonyl (C=O) groups is 2. The Morgan fingerprint density at radius 2 is 1.30 bits per heavy atom. The monoisotopic (exact) mass is 278 g/mol. The lowest BCUT2D eigenvalue weighted by molar-refractivity contribution is -0.0390. The van der Waals surface area contributed by atoms with Crippen LogP contribution in [0.5, 0.6) is 0 Å². The van der Waals surface area contributed by atoms with Crippen molar-refractivity contribution in [1.82, 2.24) is 0 Å². The summed E-state index contributed by atoms with van der Waals surface area (Å²) in [4.78, 5) is 23.5. The van der Waals surface area contributed by atoms with E-state index in [4.69, 9.17) is 0 Å². The molecule has 0 fully saturated rings. The minimum Gasteiger partial charge on any atom is -0.429 e.